The highest BCUT2D eigenvalue weighted by molar-refractivity contribution is 6.01. The molecule has 33 heavy (non-hydrogen) atoms. The van der Waals surface area contributed by atoms with Crippen LogP contribution in [0.5, 0.6) is 5.75 Å². The highest BCUT2D eigenvalue weighted by Crippen LogP contribution is 2.26. The van der Waals surface area contributed by atoms with Crippen LogP contribution < -0.4 is 16.2 Å². The van der Waals surface area contributed by atoms with Gasteiger partial charge in [0.15, 0.2) is 5.75 Å². The van der Waals surface area contributed by atoms with E-state index in [1.54, 1.807) is 25.1 Å². The van der Waals surface area contributed by atoms with Gasteiger partial charge in [0, 0.05) is 26.4 Å². The van der Waals surface area contributed by atoms with Crippen molar-refractivity contribution in [2.75, 3.05) is 26.8 Å². The van der Waals surface area contributed by atoms with Crippen LogP contribution in [0.2, 0.25) is 0 Å². The molecule has 3 N–H and O–H groups in total. The molecule has 2 aromatic heterocycles. The highest BCUT2D eigenvalue weighted by Gasteiger charge is 2.24. The second kappa shape index (κ2) is 10.7. The number of halogens is 1. The molecule has 10 heteroatoms. The summed E-state index contributed by atoms with van der Waals surface area (Å²) in [5.41, 5.74) is 0.391. The second-order valence-corrected chi connectivity index (χ2v) is 7.33. The van der Waals surface area contributed by atoms with Gasteiger partial charge in [0.2, 0.25) is 5.91 Å². The first-order valence-electron chi connectivity index (χ1n) is 10.4. The van der Waals surface area contributed by atoms with Gasteiger partial charge in [0.25, 0.3) is 11.5 Å². The number of nitrogens with one attached hydrogen (secondary N) is 2. The Morgan fingerprint density at radius 2 is 1.91 bits per heavy atom. The van der Waals surface area contributed by atoms with E-state index in [4.69, 9.17) is 4.74 Å². The van der Waals surface area contributed by atoms with Gasteiger partial charge in [-0.25, -0.2) is 4.39 Å². The number of carbonyl (C=O) groups excluding carboxylic acids is 2. The summed E-state index contributed by atoms with van der Waals surface area (Å²) < 4.78 is 19.2. The number of nitrogens with zero attached hydrogens (tertiary/aromatic N) is 2. The van der Waals surface area contributed by atoms with E-state index in [1.807, 2.05) is 0 Å². The molecule has 1 aromatic carbocycles. The molecule has 0 atom stereocenters. The Hall–Kier alpha value is -3.79. The number of aromatic nitrogens is 2. The monoisotopic (exact) mass is 456 g/mol. The van der Waals surface area contributed by atoms with E-state index in [-0.39, 0.29) is 36.5 Å². The van der Waals surface area contributed by atoms with Gasteiger partial charge in [0.1, 0.15) is 23.4 Å². The van der Waals surface area contributed by atoms with Crippen LogP contribution in [0.1, 0.15) is 28.4 Å². The molecule has 0 saturated heterocycles. The molecule has 0 spiro atoms. The van der Waals surface area contributed by atoms with Crippen molar-refractivity contribution in [1.29, 1.82) is 0 Å². The minimum atomic E-state index is -0.818. The summed E-state index contributed by atoms with van der Waals surface area (Å²) in [6.45, 7) is 2.10. The number of rotatable bonds is 9. The first-order valence-corrected chi connectivity index (χ1v) is 10.4. The van der Waals surface area contributed by atoms with Crippen LogP contribution in [-0.2, 0) is 22.5 Å². The van der Waals surface area contributed by atoms with E-state index in [1.165, 1.54) is 25.4 Å². The lowest BCUT2D eigenvalue weighted by atomic mass is 10.1. The standard InChI is InChI=1S/C23H25FN4O5/c1-3-25-18(29)13-28-17-11-15(10-14-4-6-16(24)7-5-14)12-27-20(17)21(30)19(23(28)32)22(31)26-8-9-33-2/h4-7,11-12,30H,3,8-10,13H2,1-2H3,(H,25,29)(H,26,31). The molecule has 3 rings (SSSR count). The number of benzene rings is 1. The molecule has 2 heterocycles. The minimum absolute atomic E-state index is 0.0126. The van der Waals surface area contributed by atoms with Gasteiger partial charge in [-0.2, -0.15) is 0 Å². The summed E-state index contributed by atoms with van der Waals surface area (Å²) >= 11 is 0. The van der Waals surface area contributed by atoms with Crippen molar-refractivity contribution in [3.8, 4) is 5.75 Å². The predicted molar refractivity (Wildman–Crippen MR) is 120 cm³/mol. The maximum absolute atomic E-state index is 13.2. The van der Waals surface area contributed by atoms with E-state index in [0.29, 0.717) is 18.5 Å². The number of likely N-dealkylation sites (N-methyl/N-ethyl adjacent to an activating group) is 1. The first kappa shape index (κ1) is 23.9. The molecule has 0 aliphatic heterocycles. The molecule has 0 aliphatic carbocycles. The third-order valence-electron chi connectivity index (χ3n) is 4.95. The SMILES string of the molecule is CCNC(=O)Cn1c(=O)c(C(=O)NCCOC)c(O)c2ncc(Cc3ccc(F)cc3)cc21. The molecule has 0 aliphatic rings. The Morgan fingerprint density at radius 3 is 2.58 bits per heavy atom. The normalized spacial score (nSPS) is 10.9. The number of methoxy groups -OCH3 is 1. The first-order chi connectivity index (χ1) is 15.8. The van der Waals surface area contributed by atoms with Crippen LogP contribution in [0.15, 0.2) is 41.3 Å². The number of amides is 2. The quantitative estimate of drug-likeness (QED) is 0.418. The van der Waals surface area contributed by atoms with Crippen molar-refractivity contribution in [3.05, 3.63) is 69.4 Å². The molecule has 0 unspecified atom stereocenters. The number of carbonyl (C=O) groups is 2. The molecule has 0 radical (unpaired) electrons. The van der Waals surface area contributed by atoms with Crippen LogP contribution in [0.4, 0.5) is 4.39 Å². The van der Waals surface area contributed by atoms with E-state index in [0.717, 1.165) is 10.1 Å². The van der Waals surface area contributed by atoms with E-state index >= 15 is 0 Å². The third-order valence-corrected chi connectivity index (χ3v) is 4.95. The van der Waals surface area contributed by atoms with E-state index < -0.39 is 28.7 Å². The van der Waals surface area contributed by atoms with E-state index in [9.17, 15) is 23.9 Å². The molecule has 2 amide bonds. The summed E-state index contributed by atoms with van der Waals surface area (Å²) in [6.07, 6.45) is 1.89. The van der Waals surface area contributed by atoms with Crippen molar-refractivity contribution in [1.82, 2.24) is 20.2 Å². The number of aromatic hydroxyl groups is 1. The number of ether oxygens (including phenoxy) is 1. The van der Waals surface area contributed by atoms with Crippen LogP contribution in [0.3, 0.4) is 0 Å². The van der Waals surface area contributed by atoms with Crippen LogP contribution in [0, 0.1) is 5.82 Å². The van der Waals surface area contributed by atoms with Crippen LogP contribution >= 0.6 is 0 Å². The Labute approximate surface area is 189 Å². The zero-order valence-corrected chi connectivity index (χ0v) is 18.4. The zero-order chi connectivity index (χ0) is 24.0. The average molecular weight is 456 g/mol. The lowest BCUT2D eigenvalue weighted by molar-refractivity contribution is -0.121. The summed E-state index contributed by atoms with van der Waals surface area (Å²) in [4.78, 5) is 42.3. The summed E-state index contributed by atoms with van der Waals surface area (Å²) in [6, 6.07) is 7.57. The van der Waals surface area contributed by atoms with Crippen molar-refractivity contribution in [2.45, 2.75) is 19.9 Å². The van der Waals surface area contributed by atoms with Gasteiger partial charge in [-0.05, 0) is 42.7 Å². The van der Waals surface area contributed by atoms with Crippen LogP contribution in [-0.4, -0.2) is 53.3 Å². The Kier molecular flexibility index (Phi) is 7.73. The fourth-order valence-electron chi connectivity index (χ4n) is 3.40. The third kappa shape index (κ3) is 5.53. The van der Waals surface area contributed by atoms with Crippen molar-refractivity contribution >= 4 is 22.8 Å². The summed E-state index contributed by atoms with van der Waals surface area (Å²) in [5.74, 6) is -2.14. The fraction of sp³-hybridized carbons (Fsp3) is 0.304. The van der Waals surface area contributed by atoms with Crippen molar-refractivity contribution < 1.29 is 23.8 Å². The molecule has 174 valence electrons. The van der Waals surface area contributed by atoms with Gasteiger partial charge in [0.05, 0.1) is 12.1 Å². The number of hydrogen-bond acceptors (Lipinski definition) is 6. The number of pyridine rings is 2. The zero-order valence-electron chi connectivity index (χ0n) is 18.4. The van der Waals surface area contributed by atoms with Gasteiger partial charge in [-0.15, -0.1) is 0 Å². The van der Waals surface area contributed by atoms with Crippen LogP contribution in [0.25, 0.3) is 11.0 Å². The maximum Gasteiger partial charge on any atom is 0.268 e. The van der Waals surface area contributed by atoms with E-state index in [2.05, 4.69) is 15.6 Å². The minimum Gasteiger partial charge on any atom is -0.505 e. The lowest BCUT2D eigenvalue weighted by Gasteiger charge is -2.15. The molecular weight excluding hydrogens is 431 g/mol. The molecule has 3 aromatic rings. The van der Waals surface area contributed by atoms with Gasteiger partial charge in [-0.1, -0.05) is 12.1 Å². The van der Waals surface area contributed by atoms with Gasteiger partial charge >= 0.3 is 0 Å². The van der Waals surface area contributed by atoms with Crippen molar-refractivity contribution in [3.63, 3.8) is 0 Å². The Morgan fingerprint density at radius 1 is 1.18 bits per heavy atom. The average Bonchev–Trinajstić information content (AvgIpc) is 2.78. The Bertz CT molecular complexity index is 1220. The topological polar surface area (TPSA) is 123 Å². The molecule has 0 bridgehead atoms. The number of hydrogen-bond donors (Lipinski definition) is 3. The molecule has 0 saturated carbocycles. The number of fused-ring (bicyclic) bond motifs is 1. The maximum atomic E-state index is 13.2. The van der Waals surface area contributed by atoms with Crippen molar-refractivity contribution in [2.24, 2.45) is 0 Å². The van der Waals surface area contributed by atoms with Gasteiger partial charge in [-0.3, -0.25) is 23.9 Å². The smallest absolute Gasteiger partial charge is 0.268 e. The molecule has 0 fully saturated rings. The second-order valence-electron chi connectivity index (χ2n) is 7.33. The molecular formula is C23H25FN4O5. The lowest BCUT2D eigenvalue weighted by Crippen LogP contribution is -2.38. The largest absolute Gasteiger partial charge is 0.505 e. The summed E-state index contributed by atoms with van der Waals surface area (Å²) in [5, 5.41) is 15.8. The molecule has 9 nitrogen and oxygen atoms in total. The Balaban J connectivity index is 2.11. The predicted octanol–water partition coefficient (Wildman–Crippen LogP) is 1.34. The fourth-order valence-corrected chi connectivity index (χ4v) is 3.40. The highest BCUT2D eigenvalue weighted by atomic mass is 19.1. The van der Waals surface area contributed by atoms with Gasteiger partial charge < -0.3 is 20.5 Å². The summed E-state index contributed by atoms with van der Waals surface area (Å²) in [7, 11) is 1.46.